The van der Waals surface area contributed by atoms with Gasteiger partial charge in [-0.15, -0.1) is 0 Å². The standard InChI is InChI=1S/C25H17FN4O5S/c1-34-22-9-19-21(8-18(22)14-7-16(12-28-11-14)35-36(26,32)33)30(15-3-4-15)25-23(24(19)31)17-5-2-13(10-27)6-20(17)29-25/h2,5-9,11-12,15,29H,3-4H2,1H3. The van der Waals surface area contributed by atoms with Crippen molar-refractivity contribution in [3.05, 3.63) is 64.6 Å². The maximum absolute atomic E-state index is 13.7. The summed E-state index contributed by atoms with van der Waals surface area (Å²) in [7, 11) is -3.77. The van der Waals surface area contributed by atoms with Crippen molar-refractivity contribution in [2.24, 2.45) is 0 Å². The lowest BCUT2D eigenvalue weighted by molar-refractivity contribution is 0.417. The predicted octanol–water partition coefficient (Wildman–Crippen LogP) is 4.51. The van der Waals surface area contributed by atoms with E-state index in [1.165, 1.54) is 19.4 Å². The number of methoxy groups -OCH3 is 1. The molecule has 1 N–H and O–H groups in total. The minimum absolute atomic E-state index is 0.171. The number of ether oxygens (including phenoxy) is 1. The van der Waals surface area contributed by atoms with Gasteiger partial charge in [-0.1, -0.05) is 9.95 Å². The molecule has 2 aromatic carbocycles. The molecule has 180 valence electrons. The third-order valence-corrected chi connectivity index (χ3v) is 6.72. The molecule has 36 heavy (non-hydrogen) atoms. The van der Waals surface area contributed by atoms with Gasteiger partial charge in [0.2, 0.25) is 0 Å². The molecule has 3 heterocycles. The van der Waals surface area contributed by atoms with Crippen molar-refractivity contribution < 1.29 is 21.2 Å². The van der Waals surface area contributed by atoms with Gasteiger partial charge in [0.25, 0.3) is 0 Å². The van der Waals surface area contributed by atoms with E-state index in [0.29, 0.717) is 49.9 Å². The van der Waals surface area contributed by atoms with Gasteiger partial charge < -0.3 is 18.5 Å². The highest BCUT2D eigenvalue weighted by Crippen LogP contribution is 2.43. The van der Waals surface area contributed by atoms with Crippen LogP contribution >= 0.6 is 0 Å². The van der Waals surface area contributed by atoms with E-state index in [4.69, 9.17) is 4.74 Å². The van der Waals surface area contributed by atoms with Crippen LogP contribution < -0.4 is 14.3 Å². The van der Waals surface area contributed by atoms with Crippen LogP contribution in [0.25, 0.3) is 44.0 Å². The summed E-state index contributed by atoms with van der Waals surface area (Å²) in [5.41, 5.74) is 3.25. The summed E-state index contributed by atoms with van der Waals surface area (Å²) in [4.78, 5) is 21.1. The van der Waals surface area contributed by atoms with Crippen LogP contribution in [0.5, 0.6) is 11.5 Å². The smallest absolute Gasteiger partial charge is 0.488 e. The fourth-order valence-corrected chi connectivity index (χ4v) is 5.02. The molecule has 0 saturated heterocycles. The first-order valence-electron chi connectivity index (χ1n) is 11.0. The number of nitrogens with one attached hydrogen (secondary N) is 1. The lowest BCUT2D eigenvalue weighted by Gasteiger charge is -2.16. The van der Waals surface area contributed by atoms with Gasteiger partial charge in [-0.2, -0.15) is 13.7 Å². The van der Waals surface area contributed by atoms with E-state index >= 15 is 0 Å². The average molecular weight is 504 g/mol. The molecule has 9 nitrogen and oxygen atoms in total. The molecule has 5 aromatic rings. The van der Waals surface area contributed by atoms with Crippen molar-refractivity contribution >= 4 is 43.3 Å². The Labute approximate surface area is 203 Å². The van der Waals surface area contributed by atoms with Gasteiger partial charge >= 0.3 is 10.5 Å². The lowest BCUT2D eigenvalue weighted by Crippen LogP contribution is -2.11. The second-order valence-electron chi connectivity index (χ2n) is 8.61. The van der Waals surface area contributed by atoms with E-state index in [1.54, 1.807) is 30.3 Å². The number of halogens is 1. The molecule has 0 radical (unpaired) electrons. The number of aromatic nitrogens is 3. The largest absolute Gasteiger partial charge is 0.496 e. The highest BCUT2D eigenvalue weighted by atomic mass is 32.3. The van der Waals surface area contributed by atoms with Gasteiger partial charge in [0.05, 0.1) is 41.2 Å². The zero-order valence-electron chi connectivity index (χ0n) is 18.8. The van der Waals surface area contributed by atoms with Crippen LogP contribution in [0.15, 0.2) is 53.6 Å². The molecule has 0 atom stereocenters. The van der Waals surface area contributed by atoms with Crippen molar-refractivity contribution in [3.63, 3.8) is 0 Å². The third kappa shape index (κ3) is 3.54. The van der Waals surface area contributed by atoms with Crippen molar-refractivity contribution in [1.29, 1.82) is 5.26 Å². The quantitative estimate of drug-likeness (QED) is 0.349. The number of pyridine rings is 2. The van der Waals surface area contributed by atoms with Crippen molar-refractivity contribution in [2.45, 2.75) is 18.9 Å². The normalized spacial score (nSPS) is 13.8. The van der Waals surface area contributed by atoms with Gasteiger partial charge in [-0.3, -0.25) is 9.78 Å². The summed E-state index contributed by atoms with van der Waals surface area (Å²) >= 11 is 0. The molecule has 3 aromatic heterocycles. The van der Waals surface area contributed by atoms with Gasteiger partial charge in [0, 0.05) is 34.3 Å². The molecule has 1 aliphatic carbocycles. The second-order valence-corrected chi connectivity index (χ2v) is 9.56. The summed E-state index contributed by atoms with van der Waals surface area (Å²) in [6.07, 6.45) is 4.42. The van der Waals surface area contributed by atoms with Crippen molar-refractivity contribution in [1.82, 2.24) is 14.5 Å². The fourth-order valence-electron chi connectivity index (χ4n) is 4.70. The van der Waals surface area contributed by atoms with E-state index in [9.17, 15) is 22.4 Å². The van der Waals surface area contributed by atoms with Gasteiger partial charge in [0.1, 0.15) is 11.4 Å². The number of nitrogens with zero attached hydrogens (tertiary/aromatic N) is 3. The summed E-state index contributed by atoms with van der Waals surface area (Å²) < 4.78 is 47.0. The molecule has 0 spiro atoms. The van der Waals surface area contributed by atoms with Crippen molar-refractivity contribution in [3.8, 4) is 28.7 Å². The maximum Gasteiger partial charge on any atom is 0.488 e. The molecule has 0 aliphatic heterocycles. The number of H-pyrrole nitrogens is 1. The predicted molar refractivity (Wildman–Crippen MR) is 131 cm³/mol. The van der Waals surface area contributed by atoms with Gasteiger partial charge in [-0.05, 0) is 43.2 Å². The minimum atomic E-state index is -5.22. The Hall–Kier alpha value is -4.43. The Morgan fingerprint density at radius 3 is 2.67 bits per heavy atom. The Kier molecular flexibility index (Phi) is 4.77. The van der Waals surface area contributed by atoms with Crippen molar-refractivity contribution in [2.75, 3.05) is 7.11 Å². The van der Waals surface area contributed by atoms with E-state index in [-0.39, 0.29) is 17.2 Å². The number of fused-ring (bicyclic) bond motifs is 4. The van der Waals surface area contributed by atoms with Crippen LogP contribution in [-0.4, -0.2) is 30.1 Å². The SMILES string of the molecule is COc1cc2c(=O)c3c4ccc(C#N)cc4[nH]c3n(C3CC3)c2cc1-c1cncc(OS(=O)(=O)F)c1. The highest BCUT2D eigenvalue weighted by molar-refractivity contribution is 7.81. The Morgan fingerprint density at radius 1 is 1.17 bits per heavy atom. The topological polar surface area (TPSA) is 127 Å². The van der Waals surface area contributed by atoms with Crippen LogP contribution in [0.4, 0.5) is 3.89 Å². The molecule has 1 fully saturated rings. The first kappa shape index (κ1) is 22.1. The lowest BCUT2D eigenvalue weighted by atomic mass is 10.0. The van der Waals surface area contributed by atoms with E-state index < -0.39 is 10.5 Å². The Bertz CT molecular complexity index is 1930. The zero-order chi connectivity index (χ0) is 25.2. The maximum atomic E-state index is 13.7. The summed E-state index contributed by atoms with van der Waals surface area (Å²) in [6.45, 7) is 0. The Morgan fingerprint density at radius 2 is 1.97 bits per heavy atom. The van der Waals surface area contributed by atoms with Crippen LogP contribution in [0.2, 0.25) is 0 Å². The van der Waals surface area contributed by atoms with E-state index in [0.717, 1.165) is 24.4 Å². The van der Waals surface area contributed by atoms with E-state index in [2.05, 4.69) is 24.8 Å². The molecule has 1 saturated carbocycles. The molecule has 1 aliphatic rings. The van der Waals surface area contributed by atoms with Crippen LogP contribution in [0, 0.1) is 11.3 Å². The van der Waals surface area contributed by atoms with E-state index in [1.807, 2.05) is 0 Å². The van der Waals surface area contributed by atoms with Gasteiger partial charge in [-0.25, -0.2) is 0 Å². The number of hydrogen-bond acceptors (Lipinski definition) is 7. The van der Waals surface area contributed by atoms with Crippen LogP contribution in [0.3, 0.4) is 0 Å². The summed E-state index contributed by atoms with van der Waals surface area (Å²) in [5.74, 6) is 0.0612. The molecular formula is C25H17FN4O5S. The van der Waals surface area contributed by atoms with Crippen LogP contribution in [0.1, 0.15) is 24.4 Å². The molecule has 0 amide bonds. The number of benzene rings is 2. The molecule has 0 bridgehead atoms. The first-order chi connectivity index (χ1) is 17.3. The monoisotopic (exact) mass is 504 g/mol. The molecule has 11 heteroatoms. The Balaban J connectivity index is 1.68. The first-order valence-corrected chi connectivity index (χ1v) is 12.3. The third-order valence-electron chi connectivity index (χ3n) is 6.33. The molecule has 0 unspecified atom stereocenters. The number of rotatable bonds is 5. The molecule has 6 rings (SSSR count). The number of hydrogen-bond donors (Lipinski definition) is 1. The van der Waals surface area contributed by atoms with Crippen LogP contribution in [-0.2, 0) is 10.5 Å². The molecular weight excluding hydrogens is 487 g/mol. The average Bonchev–Trinajstić information content (AvgIpc) is 3.61. The van der Waals surface area contributed by atoms with Gasteiger partial charge in [0.15, 0.2) is 11.2 Å². The summed E-state index contributed by atoms with van der Waals surface area (Å²) in [6, 6.07) is 12.2. The fraction of sp³-hybridized carbons (Fsp3) is 0.160. The minimum Gasteiger partial charge on any atom is -0.496 e. The number of aromatic amines is 1. The highest BCUT2D eigenvalue weighted by Gasteiger charge is 2.29. The zero-order valence-corrected chi connectivity index (χ0v) is 19.6. The second kappa shape index (κ2) is 7.79. The number of nitriles is 1. The summed E-state index contributed by atoms with van der Waals surface area (Å²) in [5, 5.41) is 11.0.